The van der Waals surface area contributed by atoms with Crippen molar-refractivity contribution in [3.8, 4) is 0 Å². The van der Waals surface area contributed by atoms with Gasteiger partial charge in [-0.05, 0) is 33.0 Å². The third-order valence-electron chi connectivity index (χ3n) is 4.20. The standard InChI is InChI=1S/C13H26N4O/c1-15-5-2-12(3-6-15)13(18)17-10-8-16(7-4-14)9-11-17/h12H,2-11,14H2,1H3. The number of nitrogens with zero attached hydrogens (tertiary/aromatic N) is 3. The number of amides is 1. The summed E-state index contributed by atoms with van der Waals surface area (Å²) < 4.78 is 0. The van der Waals surface area contributed by atoms with Gasteiger partial charge in [-0.2, -0.15) is 0 Å². The normalized spacial score (nSPS) is 24.4. The molecule has 0 radical (unpaired) electrons. The summed E-state index contributed by atoms with van der Waals surface area (Å²) in [5, 5.41) is 0. The highest BCUT2D eigenvalue weighted by Gasteiger charge is 2.29. The van der Waals surface area contributed by atoms with Crippen LogP contribution in [0.3, 0.4) is 0 Å². The zero-order valence-corrected chi connectivity index (χ0v) is 11.5. The van der Waals surface area contributed by atoms with E-state index in [1.165, 1.54) is 0 Å². The second-order valence-corrected chi connectivity index (χ2v) is 5.53. The molecular formula is C13H26N4O. The molecular weight excluding hydrogens is 228 g/mol. The number of rotatable bonds is 3. The molecule has 1 amide bonds. The number of hydrogen-bond donors (Lipinski definition) is 1. The fraction of sp³-hybridized carbons (Fsp3) is 0.923. The number of piperidine rings is 1. The van der Waals surface area contributed by atoms with Gasteiger partial charge in [0, 0.05) is 45.2 Å². The summed E-state index contributed by atoms with van der Waals surface area (Å²) in [7, 11) is 2.13. The molecule has 5 nitrogen and oxygen atoms in total. The first-order valence-corrected chi connectivity index (χ1v) is 7.10. The highest BCUT2D eigenvalue weighted by Crippen LogP contribution is 2.19. The van der Waals surface area contributed by atoms with Crippen LogP contribution >= 0.6 is 0 Å². The van der Waals surface area contributed by atoms with Gasteiger partial charge in [0.15, 0.2) is 0 Å². The van der Waals surface area contributed by atoms with Gasteiger partial charge in [0.05, 0.1) is 0 Å². The van der Waals surface area contributed by atoms with Crippen LogP contribution in [0.4, 0.5) is 0 Å². The average Bonchev–Trinajstić information content (AvgIpc) is 2.40. The summed E-state index contributed by atoms with van der Waals surface area (Å²) in [5.41, 5.74) is 5.56. The van der Waals surface area contributed by atoms with Gasteiger partial charge in [-0.1, -0.05) is 0 Å². The number of nitrogens with two attached hydrogens (primary N) is 1. The molecule has 0 bridgehead atoms. The van der Waals surface area contributed by atoms with Crippen LogP contribution in [0.25, 0.3) is 0 Å². The Bertz CT molecular complexity index is 268. The Morgan fingerprint density at radius 2 is 1.72 bits per heavy atom. The molecule has 0 aromatic heterocycles. The molecule has 2 saturated heterocycles. The van der Waals surface area contributed by atoms with Crippen molar-refractivity contribution in [1.82, 2.24) is 14.7 Å². The van der Waals surface area contributed by atoms with Gasteiger partial charge in [0.25, 0.3) is 0 Å². The number of carbonyl (C=O) groups is 1. The van der Waals surface area contributed by atoms with E-state index in [0.717, 1.165) is 58.7 Å². The molecule has 2 heterocycles. The minimum Gasteiger partial charge on any atom is -0.340 e. The molecule has 0 unspecified atom stereocenters. The third-order valence-corrected chi connectivity index (χ3v) is 4.20. The molecule has 2 N–H and O–H groups in total. The molecule has 0 saturated carbocycles. The first-order chi connectivity index (χ1) is 8.70. The van der Waals surface area contributed by atoms with Crippen LogP contribution in [0.15, 0.2) is 0 Å². The second kappa shape index (κ2) is 6.50. The summed E-state index contributed by atoms with van der Waals surface area (Å²) >= 11 is 0. The number of likely N-dealkylation sites (tertiary alicyclic amines) is 1. The van der Waals surface area contributed by atoms with Gasteiger partial charge in [-0.3, -0.25) is 9.69 Å². The van der Waals surface area contributed by atoms with E-state index in [0.29, 0.717) is 12.5 Å². The van der Waals surface area contributed by atoms with Gasteiger partial charge in [0.2, 0.25) is 5.91 Å². The third kappa shape index (κ3) is 3.43. The minimum atomic E-state index is 0.266. The lowest BCUT2D eigenvalue weighted by atomic mass is 9.95. The summed E-state index contributed by atoms with van der Waals surface area (Å²) in [6.07, 6.45) is 2.05. The van der Waals surface area contributed by atoms with Crippen molar-refractivity contribution in [3.05, 3.63) is 0 Å². The van der Waals surface area contributed by atoms with Gasteiger partial charge in [-0.15, -0.1) is 0 Å². The van der Waals surface area contributed by atoms with Crippen molar-refractivity contribution >= 4 is 5.91 Å². The van der Waals surface area contributed by atoms with Crippen molar-refractivity contribution in [1.29, 1.82) is 0 Å². The SMILES string of the molecule is CN1CCC(C(=O)N2CCN(CCN)CC2)CC1. The van der Waals surface area contributed by atoms with E-state index >= 15 is 0 Å². The van der Waals surface area contributed by atoms with Gasteiger partial charge in [-0.25, -0.2) is 0 Å². The first kappa shape index (κ1) is 13.8. The Hall–Kier alpha value is -0.650. The molecule has 0 atom stereocenters. The Labute approximate surface area is 110 Å². The number of carbonyl (C=O) groups excluding carboxylic acids is 1. The Balaban J connectivity index is 1.77. The number of piperazine rings is 1. The fourth-order valence-electron chi connectivity index (χ4n) is 2.89. The monoisotopic (exact) mass is 254 g/mol. The smallest absolute Gasteiger partial charge is 0.225 e. The quantitative estimate of drug-likeness (QED) is 0.733. The Morgan fingerprint density at radius 1 is 1.11 bits per heavy atom. The Kier molecular flexibility index (Phi) is 4.97. The van der Waals surface area contributed by atoms with Crippen molar-refractivity contribution in [2.45, 2.75) is 12.8 Å². The van der Waals surface area contributed by atoms with E-state index in [1.807, 2.05) is 0 Å². The maximum Gasteiger partial charge on any atom is 0.225 e. The molecule has 0 spiro atoms. The number of hydrogen-bond acceptors (Lipinski definition) is 4. The highest BCUT2D eigenvalue weighted by atomic mass is 16.2. The van der Waals surface area contributed by atoms with Crippen LogP contribution in [-0.4, -0.2) is 80.0 Å². The summed E-state index contributed by atoms with van der Waals surface area (Å²) in [5.74, 6) is 0.651. The maximum absolute atomic E-state index is 12.4. The van der Waals surface area contributed by atoms with E-state index in [2.05, 4.69) is 21.7 Å². The predicted molar refractivity (Wildman–Crippen MR) is 72.3 cm³/mol. The molecule has 0 aromatic carbocycles. The summed E-state index contributed by atoms with van der Waals surface area (Å²) in [4.78, 5) is 19.1. The van der Waals surface area contributed by atoms with E-state index in [4.69, 9.17) is 5.73 Å². The lowest BCUT2D eigenvalue weighted by molar-refractivity contribution is -0.138. The van der Waals surface area contributed by atoms with E-state index in [9.17, 15) is 4.79 Å². The highest BCUT2D eigenvalue weighted by molar-refractivity contribution is 5.79. The van der Waals surface area contributed by atoms with E-state index in [1.54, 1.807) is 0 Å². The molecule has 2 aliphatic rings. The average molecular weight is 254 g/mol. The second-order valence-electron chi connectivity index (χ2n) is 5.53. The fourth-order valence-corrected chi connectivity index (χ4v) is 2.89. The zero-order chi connectivity index (χ0) is 13.0. The molecule has 18 heavy (non-hydrogen) atoms. The molecule has 2 aliphatic heterocycles. The van der Waals surface area contributed by atoms with E-state index in [-0.39, 0.29) is 5.92 Å². The maximum atomic E-state index is 12.4. The van der Waals surface area contributed by atoms with Crippen LogP contribution in [0.2, 0.25) is 0 Å². The molecule has 2 fully saturated rings. The van der Waals surface area contributed by atoms with Crippen LogP contribution in [0.1, 0.15) is 12.8 Å². The minimum absolute atomic E-state index is 0.266. The summed E-state index contributed by atoms with van der Waals surface area (Å²) in [6, 6.07) is 0. The van der Waals surface area contributed by atoms with Crippen LogP contribution in [0.5, 0.6) is 0 Å². The molecule has 104 valence electrons. The van der Waals surface area contributed by atoms with Gasteiger partial charge < -0.3 is 15.5 Å². The predicted octanol–water partition coefficient (Wildman–Crippen LogP) is -0.569. The topological polar surface area (TPSA) is 52.8 Å². The molecule has 2 rings (SSSR count). The zero-order valence-electron chi connectivity index (χ0n) is 11.5. The van der Waals surface area contributed by atoms with Crippen LogP contribution in [-0.2, 0) is 4.79 Å². The van der Waals surface area contributed by atoms with Crippen molar-refractivity contribution in [2.24, 2.45) is 11.7 Å². The molecule has 5 heteroatoms. The van der Waals surface area contributed by atoms with E-state index < -0.39 is 0 Å². The lowest BCUT2D eigenvalue weighted by Crippen LogP contribution is -2.52. The lowest BCUT2D eigenvalue weighted by Gasteiger charge is -2.38. The van der Waals surface area contributed by atoms with Crippen LogP contribution < -0.4 is 5.73 Å². The van der Waals surface area contributed by atoms with Crippen molar-refractivity contribution < 1.29 is 4.79 Å². The van der Waals surface area contributed by atoms with Crippen LogP contribution in [0, 0.1) is 5.92 Å². The molecule has 0 aromatic rings. The van der Waals surface area contributed by atoms with Gasteiger partial charge in [0.1, 0.15) is 0 Å². The molecule has 0 aliphatic carbocycles. The summed E-state index contributed by atoms with van der Waals surface area (Å²) in [6.45, 7) is 7.51. The van der Waals surface area contributed by atoms with Crippen molar-refractivity contribution in [2.75, 3.05) is 59.4 Å². The first-order valence-electron chi connectivity index (χ1n) is 7.10. The van der Waals surface area contributed by atoms with Gasteiger partial charge >= 0.3 is 0 Å². The largest absolute Gasteiger partial charge is 0.340 e. The Morgan fingerprint density at radius 3 is 2.28 bits per heavy atom. The van der Waals surface area contributed by atoms with Crippen molar-refractivity contribution in [3.63, 3.8) is 0 Å².